The van der Waals surface area contributed by atoms with Gasteiger partial charge in [-0.3, -0.25) is 4.79 Å². The first-order chi connectivity index (χ1) is 12.9. The molecule has 1 unspecified atom stereocenters. The summed E-state index contributed by atoms with van der Waals surface area (Å²) in [6.07, 6.45) is 2.18. The lowest BCUT2D eigenvalue weighted by Crippen LogP contribution is -2.39. The highest BCUT2D eigenvalue weighted by molar-refractivity contribution is 7.10. The van der Waals surface area contributed by atoms with Crippen LogP contribution in [0.5, 0.6) is 5.75 Å². The minimum atomic E-state index is -0.0245. The SMILES string of the molecule is Cc1ccsc1CN(CC1CCCO1)C(=O)COc1cc(C)c(Cl)c(C)c1. The zero-order valence-electron chi connectivity index (χ0n) is 16.1. The van der Waals surface area contributed by atoms with Gasteiger partial charge in [-0.2, -0.15) is 0 Å². The van der Waals surface area contributed by atoms with Crippen LogP contribution < -0.4 is 4.74 Å². The fourth-order valence-electron chi connectivity index (χ4n) is 3.25. The van der Waals surface area contributed by atoms with Gasteiger partial charge >= 0.3 is 0 Å². The third-order valence-electron chi connectivity index (χ3n) is 4.88. The quantitative estimate of drug-likeness (QED) is 0.654. The summed E-state index contributed by atoms with van der Waals surface area (Å²) >= 11 is 7.89. The second kappa shape index (κ2) is 9.09. The number of carbonyl (C=O) groups excluding carboxylic acids is 1. The fourth-order valence-corrected chi connectivity index (χ4v) is 4.28. The monoisotopic (exact) mass is 407 g/mol. The van der Waals surface area contributed by atoms with Crippen LogP contribution in [0.4, 0.5) is 0 Å². The van der Waals surface area contributed by atoms with Gasteiger partial charge in [-0.25, -0.2) is 0 Å². The molecule has 2 aromatic rings. The molecule has 1 amide bonds. The van der Waals surface area contributed by atoms with Crippen LogP contribution in [-0.4, -0.2) is 36.7 Å². The summed E-state index contributed by atoms with van der Waals surface area (Å²) in [7, 11) is 0. The summed E-state index contributed by atoms with van der Waals surface area (Å²) in [5, 5.41) is 2.80. The maximum Gasteiger partial charge on any atom is 0.260 e. The highest BCUT2D eigenvalue weighted by Gasteiger charge is 2.24. The molecule has 1 aromatic heterocycles. The molecule has 1 atom stereocenters. The number of rotatable bonds is 7. The topological polar surface area (TPSA) is 38.8 Å². The third kappa shape index (κ3) is 5.24. The average Bonchev–Trinajstić information content (AvgIpc) is 3.29. The van der Waals surface area contributed by atoms with Crippen molar-refractivity contribution in [1.29, 1.82) is 0 Å². The molecule has 1 aliphatic rings. The molecule has 1 saturated heterocycles. The van der Waals surface area contributed by atoms with E-state index in [1.165, 1.54) is 10.4 Å². The molecule has 146 valence electrons. The first-order valence-electron chi connectivity index (χ1n) is 9.26. The summed E-state index contributed by atoms with van der Waals surface area (Å²) < 4.78 is 11.5. The molecular weight excluding hydrogens is 382 g/mol. The standard InChI is InChI=1S/C21H26ClNO3S/c1-14-6-8-27-19(14)12-23(11-17-5-4-7-25-17)20(24)13-26-18-9-15(2)21(22)16(3)10-18/h6,8-10,17H,4-5,7,11-13H2,1-3H3. The smallest absolute Gasteiger partial charge is 0.260 e. The highest BCUT2D eigenvalue weighted by Crippen LogP contribution is 2.26. The Balaban J connectivity index is 1.67. The Morgan fingerprint density at radius 2 is 2.04 bits per heavy atom. The van der Waals surface area contributed by atoms with E-state index in [0.717, 1.165) is 35.6 Å². The number of amides is 1. The van der Waals surface area contributed by atoms with Crippen LogP contribution in [0, 0.1) is 20.8 Å². The Bertz CT molecular complexity index is 775. The minimum absolute atomic E-state index is 0.0116. The van der Waals surface area contributed by atoms with E-state index < -0.39 is 0 Å². The first-order valence-corrected chi connectivity index (χ1v) is 10.5. The molecule has 2 heterocycles. The fraction of sp³-hybridized carbons (Fsp3) is 0.476. The van der Waals surface area contributed by atoms with Gasteiger partial charge in [0.05, 0.1) is 12.6 Å². The molecule has 1 aromatic carbocycles. The number of aryl methyl sites for hydroxylation is 3. The zero-order chi connectivity index (χ0) is 19.4. The van der Waals surface area contributed by atoms with Crippen molar-refractivity contribution in [1.82, 2.24) is 4.90 Å². The number of ether oxygens (including phenoxy) is 2. The molecule has 0 aliphatic carbocycles. The van der Waals surface area contributed by atoms with Gasteiger partial charge < -0.3 is 14.4 Å². The Morgan fingerprint density at radius 1 is 1.30 bits per heavy atom. The van der Waals surface area contributed by atoms with Crippen molar-refractivity contribution in [2.24, 2.45) is 0 Å². The number of thiophene rings is 1. The molecule has 6 heteroatoms. The van der Waals surface area contributed by atoms with Gasteiger partial charge in [-0.05, 0) is 73.9 Å². The molecule has 0 N–H and O–H groups in total. The summed E-state index contributed by atoms with van der Waals surface area (Å²) in [6.45, 7) is 7.96. The van der Waals surface area contributed by atoms with Gasteiger partial charge in [0.2, 0.25) is 0 Å². The van der Waals surface area contributed by atoms with Crippen LogP contribution in [0.15, 0.2) is 23.6 Å². The van der Waals surface area contributed by atoms with Crippen LogP contribution in [0.1, 0.15) is 34.4 Å². The Labute approximate surface area is 170 Å². The lowest BCUT2D eigenvalue weighted by atomic mass is 10.1. The molecule has 27 heavy (non-hydrogen) atoms. The van der Waals surface area contributed by atoms with Crippen molar-refractivity contribution in [3.8, 4) is 5.75 Å². The van der Waals surface area contributed by atoms with Crippen LogP contribution in [-0.2, 0) is 16.1 Å². The molecule has 4 nitrogen and oxygen atoms in total. The van der Waals surface area contributed by atoms with E-state index in [-0.39, 0.29) is 18.6 Å². The van der Waals surface area contributed by atoms with E-state index in [2.05, 4.69) is 18.4 Å². The van der Waals surface area contributed by atoms with Crippen molar-refractivity contribution in [3.63, 3.8) is 0 Å². The maximum absolute atomic E-state index is 12.9. The Morgan fingerprint density at radius 3 is 2.63 bits per heavy atom. The molecule has 3 rings (SSSR count). The molecule has 0 bridgehead atoms. The van der Waals surface area contributed by atoms with Crippen LogP contribution >= 0.6 is 22.9 Å². The number of nitrogens with zero attached hydrogens (tertiary/aromatic N) is 1. The average molecular weight is 408 g/mol. The molecule has 0 spiro atoms. The van der Waals surface area contributed by atoms with Crippen LogP contribution in [0.3, 0.4) is 0 Å². The molecule has 0 saturated carbocycles. The molecule has 1 fully saturated rings. The second-order valence-corrected chi connectivity index (χ2v) is 8.47. The third-order valence-corrected chi connectivity index (χ3v) is 6.48. The predicted octanol–water partition coefficient (Wildman–Crippen LogP) is 4.91. The van der Waals surface area contributed by atoms with E-state index in [0.29, 0.717) is 18.8 Å². The van der Waals surface area contributed by atoms with Crippen molar-refractivity contribution in [3.05, 3.63) is 50.2 Å². The Hall–Kier alpha value is -1.56. The summed E-state index contributed by atoms with van der Waals surface area (Å²) in [5.74, 6) is 0.649. The van der Waals surface area contributed by atoms with Gasteiger partial charge in [-0.1, -0.05) is 11.6 Å². The largest absolute Gasteiger partial charge is 0.484 e. The maximum atomic E-state index is 12.9. The number of hydrogen-bond acceptors (Lipinski definition) is 4. The molecule has 1 aliphatic heterocycles. The normalized spacial score (nSPS) is 16.5. The van der Waals surface area contributed by atoms with Crippen molar-refractivity contribution in [2.75, 3.05) is 19.8 Å². The summed E-state index contributed by atoms with van der Waals surface area (Å²) in [4.78, 5) is 16.0. The summed E-state index contributed by atoms with van der Waals surface area (Å²) in [6, 6.07) is 5.83. The zero-order valence-corrected chi connectivity index (χ0v) is 17.7. The number of carbonyl (C=O) groups is 1. The van der Waals surface area contributed by atoms with E-state index in [1.54, 1.807) is 11.3 Å². The summed E-state index contributed by atoms with van der Waals surface area (Å²) in [5.41, 5.74) is 3.11. The number of benzene rings is 1. The van der Waals surface area contributed by atoms with Gasteiger partial charge in [0.15, 0.2) is 6.61 Å². The van der Waals surface area contributed by atoms with Gasteiger partial charge in [-0.15, -0.1) is 11.3 Å². The van der Waals surface area contributed by atoms with Gasteiger partial charge in [0.1, 0.15) is 5.75 Å². The van der Waals surface area contributed by atoms with Crippen LogP contribution in [0.25, 0.3) is 0 Å². The van der Waals surface area contributed by atoms with E-state index in [9.17, 15) is 4.79 Å². The van der Waals surface area contributed by atoms with Crippen LogP contribution in [0.2, 0.25) is 5.02 Å². The lowest BCUT2D eigenvalue weighted by Gasteiger charge is -2.25. The second-order valence-electron chi connectivity index (χ2n) is 7.10. The van der Waals surface area contributed by atoms with Gasteiger partial charge in [0.25, 0.3) is 5.91 Å². The lowest BCUT2D eigenvalue weighted by molar-refractivity contribution is -0.135. The highest BCUT2D eigenvalue weighted by atomic mass is 35.5. The van der Waals surface area contributed by atoms with E-state index in [1.807, 2.05) is 30.9 Å². The minimum Gasteiger partial charge on any atom is -0.484 e. The number of halogens is 1. The van der Waals surface area contributed by atoms with E-state index >= 15 is 0 Å². The van der Waals surface area contributed by atoms with Crippen molar-refractivity contribution < 1.29 is 14.3 Å². The molecule has 0 radical (unpaired) electrons. The van der Waals surface area contributed by atoms with Gasteiger partial charge in [0, 0.05) is 23.1 Å². The van der Waals surface area contributed by atoms with Crippen molar-refractivity contribution >= 4 is 28.8 Å². The Kier molecular flexibility index (Phi) is 6.79. The number of hydrogen-bond donors (Lipinski definition) is 0. The first kappa shape index (κ1) is 20.2. The predicted molar refractivity (Wildman–Crippen MR) is 110 cm³/mol. The van der Waals surface area contributed by atoms with Crippen molar-refractivity contribution in [2.45, 2.75) is 46.3 Å². The molecular formula is C21H26ClNO3S. The van der Waals surface area contributed by atoms with E-state index in [4.69, 9.17) is 21.1 Å².